The van der Waals surface area contributed by atoms with Gasteiger partial charge in [0.15, 0.2) is 17.6 Å². The fourth-order valence-electron chi connectivity index (χ4n) is 3.02. The van der Waals surface area contributed by atoms with Crippen molar-refractivity contribution in [2.45, 2.75) is 32.3 Å². The van der Waals surface area contributed by atoms with Crippen molar-refractivity contribution >= 4 is 11.6 Å². The van der Waals surface area contributed by atoms with Gasteiger partial charge in [-0.25, -0.2) is 0 Å². The number of allylic oxidation sites excluding steroid dienone is 1. The molecule has 0 radical (unpaired) electrons. The average molecular weight is 421 g/mol. The molecule has 160 valence electrons. The average Bonchev–Trinajstić information content (AvgIpc) is 3.34. The molecule has 0 saturated heterocycles. The Morgan fingerprint density at radius 2 is 2.16 bits per heavy atom. The van der Waals surface area contributed by atoms with Crippen LogP contribution in [0.1, 0.15) is 48.5 Å². The zero-order valence-electron chi connectivity index (χ0n) is 17.1. The summed E-state index contributed by atoms with van der Waals surface area (Å²) in [5.41, 5.74) is 0.987. The summed E-state index contributed by atoms with van der Waals surface area (Å²) in [4.78, 5) is 12.8. The number of rotatable bonds is 8. The minimum Gasteiger partial charge on any atom is -0.485 e. The van der Waals surface area contributed by atoms with Gasteiger partial charge in [-0.05, 0) is 55.3 Å². The zero-order chi connectivity index (χ0) is 21.5. The molecule has 0 spiro atoms. The molecule has 2 heterocycles. The number of carbonyl (C=O) groups is 1. The Kier molecular flexibility index (Phi) is 6.41. The molecule has 0 aliphatic carbocycles. The molecule has 0 fully saturated rings. The molecule has 1 aromatic heterocycles. The minimum absolute atomic E-state index is 0.248. The van der Waals surface area contributed by atoms with Gasteiger partial charge in [-0.2, -0.15) is 5.21 Å². The Labute approximate surface area is 179 Å². The van der Waals surface area contributed by atoms with Crippen molar-refractivity contribution in [3.63, 3.8) is 0 Å². The Bertz CT molecular complexity index is 1030. The fourth-order valence-corrected chi connectivity index (χ4v) is 3.02. The van der Waals surface area contributed by atoms with E-state index in [0.717, 1.165) is 19.3 Å². The molecule has 4 rings (SSSR count). The predicted octanol–water partition coefficient (Wildman–Crippen LogP) is 4.05. The van der Waals surface area contributed by atoms with Crippen LogP contribution in [0.3, 0.4) is 0 Å². The number of hydrogen-bond donors (Lipinski definition) is 2. The lowest BCUT2D eigenvalue weighted by Gasteiger charge is -2.26. The lowest BCUT2D eigenvalue weighted by atomic mass is 10.2. The number of unbranched alkanes of at least 4 members (excludes halogenated alkanes) is 2. The second-order valence-electron chi connectivity index (χ2n) is 6.93. The van der Waals surface area contributed by atoms with Crippen LogP contribution in [0.15, 0.2) is 54.8 Å². The number of fused-ring (bicyclic) bond motifs is 1. The van der Waals surface area contributed by atoms with Crippen LogP contribution in [-0.2, 0) is 0 Å². The van der Waals surface area contributed by atoms with Crippen LogP contribution in [0.4, 0.5) is 5.69 Å². The van der Waals surface area contributed by atoms with Crippen LogP contribution >= 0.6 is 0 Å². The van der Waals surface area contributed by atoms with Crippen molar-refractivity contribution in [1.29, 1.82) is 0 Å². The molecule has 1 atom stereocenters. The van der Waals surface area contributed by atoms with Gasteiger partial charge in [0.25, 0.3) is 5.91 Å². The molecule has 0 saturated carbocycles. The summed E-state index contributed by atoms with van der Waals surface area (Å²) in [5, 5.41) is 16.7. The number of benzene rings is 2. The maximum Gasteiger partial charge on any atom is 0.255 e. The molecule has 1 amide bonds. The number of amides is 1. The van der Waals surface area contributed by atoms with E-state index in [-0.39, 0.29) is 12.5 Å². The number of H-pyrrole nitrogens is 1. The molecule has 1 unspecified atom stereocenters. The molecule has 0 bridgehead atoms. The molecule has 2 aromatic carbocycles. The summed E-state index contributed by atoms with van der Waals surface area (Å²) in [6.45, 7) is 2.40. The Morgan fingerprint density at radius 3 is 2.94 bits per heavy atom. The number of para-hydroxylation sites is 1. The van der Waals surface area contributed by atoms with Gasteiger partial charge in [-0.1, -0.05) is 24.6 Å². The summed E-state index contributed by atoms with van der Waals surface area (Å²) in [6, 6.07) is 12.2. The highest BCUT2D eigenvalue weighted by Crippen LogP contribution is 2.41. The van der Waals surface area contributed by atoms with Crippen molar-refractivity contribution in [2.24, 2.45) is 0 Å². The van der Waals surface area contributed by atoms with E-state index in [9.17, 15) is 4.79 Å². The molecule has 1 aliphatic rings. The van der Waals surface area contributed by atoms with Crippen molar-refractivity contribution in [3.8, 4) is 17.2 Å². The monoisotopic (exact) mass is 421 g/mol. The third-order valence-corrected chi connectivity index (χ3v) is 4.67. The molecule has 1 aliphatic heterocycles. The molecule has 9 nitrogen and oxygen atoms in total. The van der Waals surface area contributed by atoms with E-state index in [1.165, 1.54) is 0 Å². The number of anilines is 1. The van der Waals surface area contributed by atoms with Crippen molar-refractivity contribution in [1.82, 2.24) is 20.6 Å². The molecular formula is C22H23N5O4. The topological polar surface area (TPSA) is 111 Å². The maximum absolute atomic E-state index is 12.8. The number of ether oxygens (including phenoxy) is 3. The van der Waals surface area contributed by atoms with Gasteiger partial charge >= 0.3 is 0 Å². The minimum atomic E-state index is -0.522. The molecular weight excluding hydrogens is 398 g/mol. The third-order valence-electron chi connectivity index (χ3n) is 4.67. The first kappa shape index (κ1) is 20.4. The summed E-state index contributed by atoms with van der Waals surface area (Å²) < 4.78 is 17.3. The number of hydrogen-bond acceptors (Lipinski definition) is 7. The van der Waals surface area contributed by atoms with E-state index in [1.807, 2.05) is 6.08 Å². The standard InChI is InChI=1S/C22H23N5O4/c1-2-3-4-5-13-29-16-11-9-15(10-12-16)22(28)23-17-7-6-8-18-20(17)31-19(14-30-18)21-24-26-27-25-21/h5-13,19H,2-4,14H2,1H3,(H,23,28)(H,24,25,26,27)/b13-5+. The largest absolute Gasteiger partial charge is 0.485 e. The highest BCUT2D eigenvalue weighted by Gasteiger charge is 2.28. The SMILES string of the molecule is CCCC/C=C/Oc1ccc(C(=O)Nc2cccc3c2OC(c2nn[nH]n2)CO3)cc1. The van der Waals surface area contributed by atoms with E-state index in [0.29, 0.717) is 34.3 Å². The highest BCUT2D eigenvalue weighted by atomic mass is 16.6. The maximum atomic E-state index is 12.8. The lowest BCUT2D eigenvalue weighted by molar-refractivity contribution is 0.0856. The van der Waals surface area contributed by atoms with Gasteiger partial charge in [0, 0.05) is 5.56 Å². The van der Waals surface area contributed by atoms with Gasteiger partial charge in [0.1, 0.15) is 12.4 Å². The number of carbonyl (C=O) groups excluding carboxylic acids is 1. The van der Waals surface area contributed by atoms with Crippen LogP contribution in [0.25, 0.3) is 0 Å². The summed E-state index contributed by atoms with van der Waals surface area (Å²) in [7, 11) is 0. The summed E-state index contributed by atoms with van der Waals surface area (Å²) in [6.07, 6.45) is 6.41. The van der Waals surface area contributed by atoms with E-state index in [4.69, 9.17) is 14.2 Å². The number of tetrazole rings is 1. The van der Waals surface area contributed by atoms with Gasteiger partial charge in [-0.3, -0.25) is 4.79 Å². The van der Waals surface area contributed by atoms with E-state index >= 15 is 0 Å². The quantitative estimate of drug-likeness (QED) is 0.417. The van der Waals surface area contributed by atoms with Crippen molar-refractivity contribution < 1.29 is 19.0 Å². The van der Waals surface area contributed by atoms with E-state index in [1.54, 1.807) is 48.7 Å². The van der Waals surface area contributed by atoms with Crippen molar-refractivity contribution in [2.75, 3.05) is 11.9 Å². The molecule has 9 heteroatoms. The zero-order valence-corrected chi connectivity index (χ0v) is 17.1. The third kappa shape index (κ3) is 5.00. The Hall–Kier alpha value is -3.88. The van der Waals surface area contributed by atoms with Gasteiger partial charge in [0.2, 0.25) is 5.82 Å². The number of aromatic amines is 1. The number of nitrogens with zero attached hydrogens (tertiary/aromatic N) is 3. The lowest BCUT2D eigenvalue weighted by Crippen LogP contribution is -2.24. The first-order valence-corrected chi connectivity index (χ1v) is 10.1. The molecule has 3 aromatic rings. The van der Waals surface area contributed by atoms with Crippen LogP contribution in [0.5, 0.6) is 17.2 Å². The van der Waals surface area contributed by atoms with Gasteiger partial charge in [0.05, 0.1) is 11.9 Å². The van der Waals surface area contributed by atoms with Crippen molar-refractivity contribution in [3.05, 3.63) is 66.2 Å². The smallest absolute Gasteiger partial charge is 0.255 e. The molecule has 31 heavy (non-hydrogen) atoms. The van der Waals surface area contributed by atoms with Gasteiger partial charge < -0.3 is 19.5 Å². The van der Waals surface area contributed by atoms with E-state index in [2.05, 4.69) is 32.9 Å². The number of aromatic nitrogens is 4. The first-order chi connectivity index (χ1) is 15.2. The van der Waals surface area contributed by atoms with Crippen LogP contribution in [0, 0.1) is 0 Å². The number of nitrogens with one attached hydrogen (secondary N) is 2. The Morgan fingerprint density at radius 1 is 1.29 bits per heavy atom. The summed E-state index contributed by atoms with van der Waals surface area (Å²) >= 11 is 0. The van der Waals surface area contributed by atoms with Crippen LogP contribution in [-0.4, -0.2) is 33.1 Å². The second kappa shape index (κ2) is 9.75. The molecule has 2 N–H and O–H groups in total. The van der Waals surface area contributed by atoms with Crippen LogP contribution < -0.4 is 19.5 Å². The predicted molar refractivity (Wildman–Crippen MR) is 113 cm³/mol. The van der Waals surface area contributed by atoms with E-state index < -0.39 is 6.10 Å². The first-order valence-electron chi connectivity index (χ1n) is 10.1. The summed E-state index contributed by atoms with van der Waals surface area (Å²) in [5.74, 6) is 1.74. The van der Waals surface area contributed by atoms with Gasteiger partial charge in [-0.15, -0.1) is 10.2 Å². The Balaban J connectivity index is 1.42. The normalized spacial score (nSPS) is 15.1. The fraction of sp³-hybridized carbons (Fsp3) is 0.273. The second-order valence-corrected chi connectivity index (χ2v) is 6.93. The van der Waals surface area contributed by atoms with Crippen LogP contribution in [0.2, 0.25) is 0 Å². The highest BCUT2D eigenvalue weighted by molar-refractivity contribution is 6.05.